The molecule has 0 aliphatic heterocycles. The normalized spacial score (nSPS) is 10.6. The number of hydrogen-bond donors (Lipinski definition) is 2. The molecule has 0 bridgehead atoms. The Morgan fingerprint density at radius 3 is 2.88 bits per heavy atom. The van der Waals surface area contributed by atoms with E-state index in [1.807, 2.05) is 37.3 Å². The number of nitrogens with zero attached hydrogens (tertiary/aromatic N) is 2. The standard InChI is InChI=1S/C16H17ClN4OS.ClH/c1-10-11-9-14(15(22)19-8-4-7-18)23-16(11)21(20-10)13-6-3-2-5-12(13)17;/h2-3,5-6,9H,4,7-8,18H2,1H3,(H,19,22);1H. The second-order valence-corrected chi connectivity index (χ2v) is 6.61. The van der Waals surface area contributed by atoms with Crippen LogP contribution in [0.5, 0.6) is 0 Å². The van der Waals surface area contributed by atoms with Gasteiger partial charge in [0.25, 0.3) is 5.91 Å². The van der Waals surface area contributed by atoms with E-state index in [1.165, 1.54) is 11.3 Å². The van der Waals surface area contributed by atoms with Crippen LogP contribution in [0, 0.1) is 6.92 Å². The molecule has 0 aliphatic carbocycles. The van der Waals surface area contributed by atoms with Crippen LogP contribution in [0.4, 0.5) is 0 Å². The number of nitrogens with one attached hydrogen (secondary N) is 1. The molecular formula is C16H18Cl2N4OS. The van der Waals surface area contributed by atoms with Gasteiger partial charge >= 0.3 is 0 Å². The van der Waals surface area contributed by atoms with Gasteiger partial charge in [-0.25, -0.2) is 4.68 Å². The average molecular weight is 385 g/mol. The van der Waals surface area contributed by atoms with E-state index in [-0.39, 0.29) is 18.3 Å². The van der Waals surface area contributed by atoms with E-state index >= 15 is 0 Å². The molecule has 24 heavy (non-hydrogen) atoms. The van der Waals surface area contributed by atoms with Crippen molar-refractivity contribution in [3.63, 3.8) is 0 Å². The van der Waals surface area contributed by atoms with Gasteiger partial charge in [-0.2, -0.15) is 5.10 Å². The average Bonchev–Trinajstić information content (AvgIpc) is 3.09. The summed E-state index contributed by atoms with van der Waals surface area (Å²) in [6.45, 7) is 3.07. The number of halogens is 2. The molecule has 0 saturated carbocycles. The van der Waals surface area contributed by atoms with Crippen molar-refractivity contribution < 1.29 is 4.79 Å². The van der Waals surface area contributed by atoms with Crippen LogP contribution >= 0.6 is 35.3 Å². The molecule has 1 amide bonds. The van der Waals surface area contributed by atoms with Gasteiger partial charge < -0.3 is 11.1 Å². The van der Waals surface area contributed by atoms with Crippen LogP contribution in [-0.4, -0.2) is 28.8 Å². The Morgan fingerprint density at radius 1 is 1.42 bits per heavy atom. The van der Waals surface area contributed by atoms with E-state index in [4.69, 9.17) is 17.3 Å². The van der Waals surface area contributed by atoms with Crippen LogP contribution in [-0.2, 0) is 0 Å². The van der Waals surface area contributed by atoms with Crippen molar-refractivity contribution in [3.8, 4) is 5.69 Å². The van der Waals surface area contributed by atoms with Gasteiger partial charge in [-0.15, -0.1) is 23.7 Å². The number of carbonyl (C=O) groups excluding carboxylic acids is 1. The van der Waals surface area contributed by atoms with E-state index < -0.39 is 0 Å². The zero-order valence-corrected chi connectivity index (χ0v) is 15.5. The topological polar surface area (TPSA) is 72.9 Å². The molecule has 128 valence electrons. The Hall–Kier alpha value is -1.60. The van der Waals surface area contributed by atoms with Crippen LogP contribution in [0.3, 0.4) is 0 Å². The Kier molecular flexibility index (Phi) is 6.23. The second-order valence-electron chi connectivity index (χ2n) is 5.18. The van der Waals surface area contributed by atoms with E-state index in [0.29, 0.717) is 23.0 Å². The maximum Gasteiger partial charge on any atom is 0.261 e. The lowest BCUT2D eigenvalue weighted by molar-refractivity contribution is 0.0957. The SMILES string of the molecule is Cc1nn(-c2ccccc2Cl)c2sc(C(=O)NCCCN)cc12.Cl. The fourth-order valence-electron chi connectivity index (χ4n) is 2.34. The predicted octanol–water partition coefficient (Wildman–Crippen LogP) is 3.55. The number of benzene rings is 1. The van der Waals surface area contributed by atoms with Crippen LogP contribution in [0.2, 0.25) is 5.02 Å². The molecule has 3 aromatic rings. The molecule has 0 saturated heterocycles. The number of rotatable bonds is 5. The van der Waals surface area contributed by atoms with Gasteiger partial charge in [0.2, 0.25) is 0 Å². The van der Waals surface area contributed by atoms with Crippen molar-refractivity contribution >= 4 is 51.5 Å². The van der Waals surface area contributed by atoms with Gasteiger partial charge in [-0.05, 0) is 38.1 Å². The first-order valence-corrected chi connectivity index (χ1v) is 8.53. The van der Waals surface area contributed by atoms with Crippen molar-refractivity contribution in [2.24, 2.45) is 5.73 Å². The maximum atomic E-state index is 12.2. The number of para-hydroxylation sites is 1. The zero-order chi connectivity index (χ0) is 16.4. The number of fused-ring (bicyclic) bond motifs is 1. The molecular weight excluding hydrogens is 367 g/mol. The predicted molar refractivity (Wildman–Crippen MR) is 102 cm³/mol. The minimum absolute atomic E-state index is 0. The van der Waals surface area contributed by atoms with E-state index in [1.54, 1.807) is 4.68 Å². The van der Waals surface area contributed by atoms with Gasteiger partial charge in [-0.3, -0.25) is 4.79 Å². The molecule has 1 aromatic carbocycles. The van der Waals surface area contributed by atoms with Crippen LogP contribution < -0.4 is 11.1 Å². The number of aryl methyl sites for hydroxylation is 1. The minimum atomic E-state index is -0.0789. The minimum Gasteiger partial charge on any atom is -0.351 e. The largest absolute Gasteiger partial charge is 0.351 e. The Balaban J connectivity index is 0.00000208. The highest BCUT2D eigenvalue weighted by atomic mass is 35.5. The summed E-state index contributed by atoms with van der Waals surface area (Å²) >= 11 is 7.69. The summed E-state index contributed by atoms with van der Waals surface area (Å²) in [7, 11) is 0. The number of thiophene rings is 1. The summed E-state index contributed by atoms with van der Waals surface area (Å²) in [5.74, 6) is -0.0789. The molecule has 8 heteroatoms. The molecule has 2 heterocycles. The zero-order valence-electron chi connectivity index (χ0n) is 13.1. The molecule has 2 aromatic heterocycles. The monoisotopic (exact) mass is 384 g/mol. The summed E-state index contributed by atoms with van der Waals surface area (Å²) < 4.78 is 1.80. The summed E-state index contributed by atoms with van der Waals surface area (Å²) in [6.07, 6.45) is 0.767. The number of hydrogen-bond acceptors (Lipinski definition) is 4. The highest BCUT2D eigenvalue weighted by Crippen LogP contribution is 2.32. The summed E-state index contributed by atoms with van der Waals surface area (Å²) in [4.78, 5) is 13.8. The Morgan fingerprint density at radius 2 is 2.17 bits per heavy atom. The molecule has 0 radical (unpaired) electrons. The van der Waals surface area contributed by atoms with E-state index in [9.17, 15) is 4.79 Å². The third-order valence-corrected chi connectivity index (χ3v) is 4.94. The van der Waals surface area contributed by atoms with Crippen LogP contribution in [0.1, 0.15) is 21.8 Å². The highest BCUT2D eigenvalue weighted by molar-refractivity contribution is 7.20. The molecule has 5 nitrogen and oxygen atoms in total. The summed E-state index contributed by atoms with van der Waals surface area (Å²) in [5.41, 5.74) is 7.13. The molecule has 3 rings (SSSR count). The molecule has 3 N–H and O–H groups in total. The van der Waals surface area contributed by atoms with E-state index in [0.717, 1.165) is 28.0 Å². The van der Waals surface area contributed by atoms with Gasteiger partial charge in [-0.1, -0.05) is 23.7 Å². The van der Waals surface area contributed by atoms with Crippen molar-refractivity contribution in [2.75, 3.05) is 13.1 Å². The third kappa shape index (κ3) is 3.57. The fourth-order valence-corrected chi connectivity index (χ4v) is 3.64. The molecule has 0 fully saturated rings. The van der Waals surface area contributed by atoms with Gasteiger partial charge in [0.1, 0.15) is 4.83 Å². The number of nitrogens with two attached hydrogens (primary N) is 1. The van der Waals surface area contributed by atoms with E-state index in [2.05, 4.69) is 10.4 Å². The van der Waals surface area contributed by atoms with Crippen molar-refractivity contribution in [2.45, 2.75) is 13.3 Å². The first-order chi connectivity index (χ1) is 11.1. The van der Waals surface area contributed by atoms with Gasteiger partial charge in [0.15, 0.2) is 0 Å². The summed E-state index contributed by atoms with van der Waals surface area (Å²) in [5, 5.41) is 9.02. The number of carbonyl (C=O) groups is 1. The molecule has 0 spiro atoms. The van der Waals surface area contributed by atoms with Crippen molar-refractivity contribution in [1.82, 2.24) is 15.1 Å². The fraction of sp³-hybridized carbons (Fsp3) is 0.250. The quantitative estimate of drug-likeness (QED) is 0.660. The van der Waals surface area contributed by atoms with Gasteiger partial charge in [0, 0.05) is 11.9 Å². The lowest BCUT2D eigenvalue weighted by Gasteiger charge is -2.04. The third-order valence-electron chi connectivity index (χ3n) is 3.52. The first kappa shape index (κ1) is 18.7. The summed E-state index contributed by atoms with van der Waals surface area (Å²) in [6, 6.07) is 9.42. The molecule has 0 atom stereocenters. The van der Waals surface area contributed by atoms with Crippen molar-refractivity contribution in [1.29, 1.82) is 0 Å². The molecule has 0 unspecified atom stereocenters. The Bertz CT molecular complexity index is 859. The number of aromatic nitrogens is 2. The van der Waals surface area contributed by atoms with Gasteiger partial charge in [0.05, 0.1) is 21.3 Å². The smallest absolute Gasteiger partial charge is 0.261 e. The van der Waals surface area contributed by atoms with Crippen LogP contribution in [0.25, 0.3) is 15.9 Å². The Labute approximate surface area is 155 Å². The highest BCUT2D eigenvalue weighted by Gasteiger charge is 2.17. The lowest BCUT2D eigenvalue weighted by atomic mass is 10.3. The van der Waals surface area contributed by atoms with Crippen LogP contribution in [0.15, 0.2) is 30.3 Å². The first-order valence-electron chi connectivity index (χ1n) is 7.34. The second kappa shape index (κ2) is 7.98. The molecule has 0 aliphatic rings. The van der Waals surface area contributed by atoms with Crippen molar-refractivity contribution in [3.05, 3.63) is 45.9 Å². The maximum absolute atomic E-state index is 12.2. The number of amides is 1. The lowest BCUT2D eigenvalue weighted by Crippen LogP contribution is -2.25.